The Morgan fingerprint density at radius 1 is 1.44 bits per heavy atom. The molecule has 0 aliphatic heterocycles. The van der Waals surface area contributed by atoms with Crippen molar-refractivity contribution in [1.82, 2.24) is 9.97 Å². The predicted octanol–water partition coefficient (Wildman–Crippen LogP) is 2.47. The maximum Gasteiger partial charge on any atom is 0.137 e. The Bertz CT molecular complexity index is 453. The number of aromatic nitrogens is 2. The molecule has 0 radical (unpaired) electrons. The predicted molar refractivity (Wildman–Crippen MR) is 65.0 cm³/mol. The van der Waals surface area contributed by atoms with Gasteiger partial charge in [0.15, 0.2) is 0 Å². The number of pyridine rings is 1. The van der Waals surface area contributed by atoms with Gasteiger partial charge in [0.2, 0.25) is 0 Å². The maximum atomic E-state index is 5.03. The van der Waals surface area contributed by atoms with Gasteiger partial charge in [0, 0.05) is 5.38 Å². The maximum absolute atomic E-state index is 5.03. The number of hydrogen-bond acceptors (Lipinski definition) is 5. The second-order valence-corrected chi connectivity index (χ2v) is 4.36. The van der Waals surface area contributed by atoms with Crippen molar-refractivity contribution in [1.29, 1.82) is 0 Å². The monoisotopic (exact) mass is 235 g/mol. The minimum absolute atomic E-state index is 0.698. The first-order valence-corrected chi connectivity index (χ1v) is 5.81. The lowest BCUT2D eigenvalue weighted by Gasteiger charge is -2.04. The molecule has 0 aromatic carbocycles. The Labute approximate surface area is 98.3 Å². The molecule has 0 spiro atoms. The third-order valence-electron chi connectivity index (χ3n) is 2.09. The number of aryl methyl sites for hydroxylation is 1. The Balaban J connectivity index is 1.94. The van der Waals surface area contributed by atoms with Crippen molar-refractivity contribution >= 4 is 17.2 Å². The highest BCUT2D eigenvalue weighted by Gasteiger charge is 1.99. The molecule has 0 unspecified atom stereocenters. The van der Waals surface area contributed by atoms with Crippen molar-refractivity contribution < 1.29 is 4.74 Å². The van der Waals surface area contributed by atoms with E-state index in [9.17, 15) is 0 Å². The first-order valence-electron chi connectivity index (χ1n) is 4.93. The highest BCUT2D eigenvalue weighted by Crippen LogP contribution is 2.13. The SMILES string of the molecule is COc1ccc(NCc2csc(C)n2)nc1. The van der Waals surface area contributed by atoms with Crippen LogP contribution in [-0.4, -0.2) is 17.1 Å². The van der Waals surface area contributed by atoms with Crippen LogP contribution in [0.15, 0.2) is 23.7 Å². The molecule has 16 heavy (non-hydrogen) atoms. The first-order chi connectivity index (χ1) is 7.78. The summed E-state index contributed by atoms with van der Waals surface area (Å²) in [5.74, 6) is 1.58. The fourth-order valence-electron chi connectivity index (χ4n) is 1.28. The van der Waals surface area contributed by atoms with E-state index in [1.807, 2.05) is 24.4 Å². The third kappa shape index (κ3) is 2.70. The second-order valence-electron chi connectivity index (χ2n) is 3.29. The van der Waals surface area contributed by atoms with Crippen molar-refractivity contribution in [2.24, 2.45) is 0 Å². The van der Waals surface area contributed by atoms with Gasteiger partial charge in [-0.1, -0.05) is 0 Å². The number of ether oxygens (including phenoxy) is 1. The van der Waals surface area contributed by atoms with Crippen molar-refractivity contribution in [2.75, 3.05) is 12.4 Å². The number of nitrogens with zero attached hydrogens (tertiary/aromatic N) is 2. The molecule has 0 aliphatic carbocycles. The molecule has 0 amide bonds. The Hall–Kier alpha value is -1.62. The van der Waals surface area contributed by atoms with E-state index in [0.717, 1.165) is 22.3 Å². The molecule has 0 bridgehead atoms. The van der Waals surface area contributed by atoms with Crippen molar-refractivity contribution in [2.45, 2.75) is 13.5 Å². The van der Waals surface area contributed by atoms with Gasteiger partial charge in [0.25, 0.3) is 0 Å². The van der Waals surface area contributed by atoms with E-state index in [0.29, 0.717) is 6.54 Å². The van der Waals surface area contributed by atoms with Crippen LogP contribution in [0.5, 0.6) is 5.75 Å². The summed E-state index contributed by atoms with van der Waals surface area (Å²) in [5, 5.41) is 6.33. The zero-order valence-electron chi connectivity index (χ0n) is 9.23. The average molecular weight is 235 g/mol. The van der Waals surface area contributed by atoms with Crippen molar-refractivity contribution in [3.63, 3.8) is 0 Å². The van der Waals surface area contributed by atoms with E-state index in [4.69, 9.17) is 4.74 Å². The molecule has 0 saturated heterocycles. The summed E-state index contributed by atoms with van der Waals surface area (Å²) in [5.41, 5.74) is 1.04. The van der Waals surface area contributed by atoms with Gasteiger partial charge in [0.1, 0.15) is 11.6 Å². The van der Waals surface area contributed by atoms with Gasteiger partial charge in [-0.2, -0.15) is 0 Å². The second kappa shape index (κ2) is 4.94. The van der Waals surface area contributed by atoms with Crippen LogP contribution in [0.1, 0.15) is 10.7 Å². The normalized spacial score (nSPS) is 10.1. The van der Waals surface area contributed by atoms with Gasteiger partial charge < -0.3 is 10.1 Å². The first kappa shape index (κ1) is 10.9. The van der Waals surface area contributed by atoms with Crippen LogP contribution >= 0.6 is 11.3 Å². The summed E-state index contributed by atoms with van der Waals surface area (Å²) < 4.78 is 5.03. The van der Waals surface area contributed by atoms with Crippen LogP contribution in [0, 0.1) is 6.92 Å². The molecular formula is C11H13N3OS. The van der Waals surface area contributed by atoms with Crippen LogP contribution < -0.4 is 10.1 Å². The molecule has 1 N–H and O–H groups in total. The van der Waals surface area contributed by atoms with Gasteiger partial charge in [-0.15, -0.1) is 11.3 Å². The summed E-state index contributed by atoms with van der Waals surface area (Å²) in [6.45, 7) is 2.70. The van der Waals surface area contributed by atoms with Crippen LogP contribution in [0.2, 0.25) is 0 Å². The molecule has 2 rings (SSSR count). The molecule has 0 atom stereocenters. The highest BCUT2D eigenvalue weighted by molar-refractivity contribution is 7.09. The van der Waals surface area contributed by atoms with E-state index in [1.165, 1.54) is 0 Å². The molecule has 2 aromatic rings. The summed E-state index contributed by atoms with van der Waals surface area (Å²) in [6.07, 6.45) is 1.69. The number of anilines is 1. The van der Waals surface area contributed by atoms with Crippen molar-refractivity contribution in [3.8, 4) is 5.75 Å². The Kier molecular flexibility index (Phi) is 3.36. The number of rotatable bonds is 4. The van der Waals surface area contributed by atoms with Gasteiger partial charge in [-0.05, 0) is 19.1 Å². The molecule has 2 heterocycles. The minimum atomic E-state index is 0.698. The average Bonchev–Trinajstić information content (AvgIpc) is 2.73. The van der Waals surface area contributed by atoms with Crippen LogP contribution in [0.4, 0.5) is 5.82 Å². The molecule has 4 nitrogen and oxygen atoms in total. The zero-order chi connectivity index (χ0) is 11.4. The zero-order valence-corrected chi connectivity index (χ0v) is 10.0. The van der Waals surface area contributed by atoms with Gasteiger partial charge in [-0.3, -0.25) is 0 Å². The Morgan fingerprint density at radius 3 is 2.88 bits per heavy atom. The lowest BCUT2D eigenvalue weighted by Crippen LogP contribution is -2.01. The topological polar surface area (TPSA) is 47.0 Å². The van der Waals surface area contributed by atoms with E-state index in [1.54, 1.807) is 24.6 Å². The summed E-state index contributed by atoms with van der Waals surface area (Å²) in [7, 11) is 1.63. The summed E-state index contributed by atoms with van der Waals surface area (Å²) >= 11 is 1.65. The van der Waals surface area contributed by atoms with Gasteiger partial charge >= 0.3 is 0 Å². The lowest BCUT2D eigenvalue weighted by molar-refractivity contribution is 0.413. The van der Waals surface area contributed by atoms with Crippen molar-refractivity contribution in [3.05, 3.63) is 34.4 Å². The quantitative estimate of drug-likeness (QED) is 0.884. The number of hydrogen-bond donors (Lipinski definition) is 1. The standard InChI is InChI=1S/C11H13N3OS/c1-8-14-9(7-16-8)5-12-11-4-3-10(15-2)6-13-11/h3-4,6-7H,5H2,1-2H3,(H,12,13). The molecule has 84 valence electrons. The van der Waals surface area contributed by atoms with Crippen LogP contribution in [-0.2, 0) is 6.54 Å². The number of nitrogens with one attached hydrogen (secondary N) is 1. The molecule has 2 aromatic heterocycles. The Morgan fingerprint density at radius 2 is 2.31 bits per heavy atom. The minimum Gasteiger partial charge on any atom is -0.495 e. The van der Waals surface area contributed by atoms with Crippen LogP contribution in [0.3, 0.4) is 0 Å². The molecule has 0 aliphatic rings. The van der Waals surface area contributed by atoms with E-state index >= 15 is 0 Å². The largest absolute Gasteiger partial charge is 0.495 e. The fraction of sp³-hybridized carbons (Fsp3) is 0.273. The van der Waals surface area contributed by atoms with E-state index < -0.39 is 0 Å². The number of thiazole rings is 1. The molecule has 0 saturated carbocycles. The van der Waals surface area contributed by atoms with Gasteiger partial charge in [-0.25, -0.2) is 9.97 Å². The number of methoxy groups -OCH3 is 1. The highest BCUT2D eigenvalue weighted by atomic mass is 32.1. The summed E-state index contributed by atoms with van der Waals surface area (Å²) in [6, 6.07) is 3.76. The summed E-state index contributed by atoms with van der Waals surface area (Å²) in [4.78, 5) is 8.57. The van der Waals surface area contributed by atoms with Crippen LogP contribution in [0.25, 0.3) is 0 Å². The molecule has 0 fully saturated rings. The molecule has 5 heteroatoms. The lowest BCUT2D eigenvalue weighted by atomic mass is 10.4. The smallest absolute Gasteiger partial charge is 0.137 e. The van der Waals surface area contributed by atoms with E-state index in [2.05, 4.69) is 15.3 Å². The van der Waals surface area contributed by atoms with Gasteiger partial charge in [0.05, 0.1) is 30.6 Å². The van der Waals surface area contributed by atoms with E-state index in [-0.39, 0.29) is 0 Å². The molecular weight excluding hydrogens is 222 g/mol. The third-order valence-corrected chi connectivity index (χ3v) is 2.91. The fourth-order valence-corrected chi connectivity index (χ4v) is 1.89.